The smallest absolute Gasteiger partial charge is 0.0250 e. The Balaban J connectivity index is 1.94. The molecule has 0 aromatic heterocycles. The lowest BCUT2D eigenvalue weighted by Gasteiger charge is -2.14. The van der Waals surface area contributed by atoms with E-state index in [9.17, 15) is 0 Å². The topological polar surface area (TPSA) is 23.9 Å². The second-order valence-electron chi connectivity index (χ2n) is 7.40. The van der Waals surface area contributed by atoms with Gasteiger partial charge in [0.25, 0.3) is 0 Å². The summed E-state index contributed by atoms with van der Waals surface area (Å²) in [5.74, 6) is 0. The summed E-state index contributed by atoms with van der Waals surface area (Å²) in [6.07, 6.45) is 5.62. The van der Waals surface area contributed by atoms with Gasteiger partial charge in [0.2, 0.25) is 0 Å². The van der Waals surface area contributed by atoms with Crippen LogP contribution in [0.5, 0.6) is 0 Å². The Kier molecular flexibility index (Phi) is 5.75. The molecule has 28 heavy (non-hydrogen) atoms. The lowest BCUT2D eigenvalue weighted by Crippen LogP contribution is -1.93. The lowest BCUT2D eigenvalue weighted by atomic mass is 9.90. The van der Waals surface area contributed by atoms with E-state index in [1.165, 1.54) is 45.2 Å². The molecule has 0 bridgehead atoms. The van der Waals surface area contributed by atoms with E-state index < -0.39 is 0 Å². The summed E-state index contributed by atoms with van der Waals surface area (Å²) in [5.41, 5.74) is 11.7. The minimum Gasteiger partial charge on any atom is -0.308 e. The zero-order valence-electron chi connectivity index (χ0n) is 17.1. The van der Waals surface area contributed by atoms with Crippen molar-refractivity contribution in [2.24, 2.45) is 0 Å². The molecular weight excluding hydrogens is 338 g/mol. The van der Waals surface area contributed by atoms with Gasteiger partial charge in [-0.3, -0.25) is 0 Å². The molecule has 0 radical (unpaired) electrons. The van der Waals surface area contributed by atoms with Crippen LogP contribution in [0.25, 0.3) is 22.8 Å². The van der Waals surface area contributed by atoms with Crippen LogP contribution in [-0.2, 0) is 0 Å². The Hall–Kier alpha value is -3.19. The average Bonchev–Trinajstić information content (AvgIpc) is 2.69. The summed E-state index contributed by atoms with van der Waals surface area (Å²) in [4.78, 5) is 0. The van der Waals surface area contributed by atoms with Crippen LogP contribution in [0.1, 0.15) is 38.9 Å². The third-order valence-electron chi connectivity index (χ3n) is 5.39. The Morgan fingerprint density at radius 3 is 2.18 bits per heavy atom. The van der Waals surface area contributed by atoms with Crippen molar-refractivity contribution in [3.63, 3.8) is 0 Å². The van der Waals surface area contributed by atoms with Crippen molar-refractivity contribution in [2.75, 3.05) is 0 Å². The van der Waals surface area contributed by atoms with Crippen LogP contribution in [0.2, 0.25) is 0 Å². The molecular formula is C27H27N. The molecule has 0 aliphatic carbocycles. The third kappa shape index (κ3) is 4.04. The molecule has 3 aromatic rings. The summed E-state index contributed by atoms with van der Waals surface area (Å²) >= 11 is 0. The molecule has 3 aromatic carbocycles. The number of rotatable bonds is 5. The maximum atomic E-state index is 7.45. The minimum atomic E-state index is 0.927. The van der Waals surface area contributed by atoms with Crippen LogP contribution in [0.15, 0.2) is 67.3 Å². The zero-order valence-corrected chi connectivity index (χ0v) is 17.1. The second kappa shape index (κ2) is 8.22. The SMILES string of the molecule is C=C(/C=C/c1ccc(C)c(C)c1)c1cccc(-c2ccc(C=N)cc2C)c1C. The number of benzene rings is 3. The molecule has 0 saturated heterocycles. The van der Waals surface area contributed by atoms with Crippen LogP contribution in [0.4, 0.5) is 0 Å². The number of hydrogen-bond acceptors (Lipinski definition) is 1. The highest BCUT2D eigenvalue weighted by Crippen LogP contribution is 2.31. The van der Waals surface area contributed by atoms with Gasteiger partial charge in [0.05, 0.1) is 0 Å². The fraction of sp³-hybridized carbons (Fsp3) is 0.148. The first-order chi connectivity index (χ1) is 13.4. The molecule has 0 aliphatic heterocycles. The lowest BCUT2D eigenvalue weighted by molar-refractivity contribution is 1.33. The molecule has 1 heteroatoms. The molecule has 1 N–H and O–H groups in total. The van der Waals surface area contributed by atoms with E-state index in [2.05, 4.69) is 95.0 Å². The molecule has 0 spiro atoms. The third-order valence-corrected chi connectivity index (χ3v) is 5.39. The quantitative estimate of drug-likeness (QED) is 0.362. The number of aryl methyl sites for hydroxylation is 3. The maximum Gasteiger partial charge on any atom is 0.0250 e. The molecule has 1 nitrogen and oxygen atoms in total. The van der Waals surface area contributed by atoms with Gasteiger partial charge in [-0.25, -0.2) is 0 Å². The fourth-order valence-electron chi connectivity index (χ4n) is 3.51. The van der Waals surface area contributed by atoms with Crippen molar-refractivity contribution in [3.05, 3.63) is 106 Å². The molecule has 0 heterocycles. The Labute approximate surface area is 168 Å². The summed E-state index contributed by atoms with van der Waals surface area (Å²) in [7, 11) is 0. The van der Waals surface area contributed by atoms with Crippen molar-refractivity contribution < 1.29 is 0 Å². The normalized spacial score (nSPS) is 11.0. The highest BCUT2D eigenvalue weighted by molar-refractivity contribution is 5.85. The predicted octanol–water partition coefficient (Wildman–Crippen LogP) is 7.31. The van der Waals surface area contributed by atoms with Crippen molar-refractivity contribution in [1.29, 1.82) is 5.41 Å². The zero-order chi connectivity index (χ0) is 20.3. The number of allylic oxidation sites excluding steroid dienone is 2. The second-order valence-corrected chi connectivity index (χ2v) is 7.40. The van der Waals surface area contributed by atoms with E-state index in [-0.39, 0.29) is 0 Å². The van der Waals surface area contributed by atoms with Gasteiger partial charge >= 0.3 is 0 Å². The van der Waals surface area contributed by atoms with Gasteiger partial charge in [0, 0.05) is 6.21 Å². The average molecular weight is 366 g/mol. The first kappa shape index (κ1) is 19.6. The molecule has 0 amide bonds. The Morgan fingerprint density at radius 1 is 0.786 bits per heavy atom. The molecule has 3 rings (SSSR count). The summed E-state index contributed by atoms with van der Waals surface area (Å²) in [6.45, 7) is 12.8. The monoisotopic (exact) mass is 365 g/mol. The van der Waals surface area contributed by atoms with E-state index in [1.54, 1.807) is 0 Å². The van der Waals surface area contributed by atoms with E-state index in [0.717, 1.165) is 16.7 Å². The maximum absolute atomic E-state index is 7.45. The standard InChI is InChI=1S/C27H27N/c1-18-9-11-23(15-20(18)3)12-10-19(2)25-7-6-8-27(22(25)5)26-14-13-24(17-28)16-21(26)4/h6-17,28H,2H2,1,3-5H3/b12-10+,28-17?. The van der Waals surface area contributed by atoms with Gasteiger partial charge in [-0.1, -0.05) is 67.3 Å². The van der Waals surface area contributed by atoms with Gasteiger partial charge in [-0.05, 0) is 89.4 Å². The first-order valence-electron chi connectivity index (χ1n) is 9.56. The Morgan fingerprint density at radius 2 is 1.50 bits per heavy atom. The van der Waals surface area contributed by atoms with Crippen LogP contribution in [0.3, 0.4) is 0 Å². The van der Waals surface area contributed by atoms with E-state index in [0.29, 0.717) is 0 Å². The van der Waals surface area contributed by atoms with E-state index >= 15 is 0 Å². The van der Waals surface area contributed by atoms with Crippen LogP contribution >= 0.6 is 0 Å². The van der Waals surface area contributed by atoms with Crippen molar-refractivity contribution in [3.8, 4) is 11.1 Å². The highest BCUT2D eigenvalue weighted by Gasteiger charge is 2.10. The van der Waals surface area contributed by atoms with Crippen LogP contribution < -0.4 is 0 Å². The largest absolute Gasteiger partial charge is 0.308 e. The first-order valence-corrected chi connectivity index (χ1v) is 9.56. The van der Waals surface area contributed by atoms with Crippen LogP contribution in [0, 0.1) is 33.1 Å². The molecule has 0 fully saturated rings. The van der Waals surface area contributed by atoms with E-state index in [4.69, 9.17) is 5.41 Å². The van der Waals surface area contributed by atoms with Crippen molar-refractivity contribution >= 4 is 17.9 Å². The van der Waals surface area contributed by atoms with Gasteiger partial charge < -0.3 is 5.41 Å². The van der Waals surface area contributed by atoms with Crippen molar-refractivity contribution in [1.82, 2.24) is 0 Å². The predicted molar refractivity (Wildman–Crippen MR) is 123 cm³/mol. The summed E-state index contributed by atoms with van der Waals surface area (Å²) in [6, 6.07) is 19.0. The fourth-order valence-corrected chi connectivity index (χ4v) is 3.51. The van der Waals surface area contributed by atoms with Gasteiger partial charge in [-0.15, -0.1) is 0 Å². The van der Waals surface area contributed by atoms with Gasteiger partial charge in [-0.2, -0.15) is 0 Å². The molecule has 0 saturated carbocycles. The van der Waals surface area contributed by atoms with Gasteiger partial charge in [0.15, 0.2) is 0 Å². The molecule has 0 unspecified atom stereocenters. The molecule has 0 aliphatic rings. The Bertz CT molecular complexity index is 1080. The summed E-state index contributed by atoms with van der Waals surface area (Å²) < 4.78 is 0. The van der Waals surface area contributed by atoms with E-state index in [1.807, 2.05) is 6.07 Å². The highest BCUT2D eigenvalue weighted by atomic mass is 14.3. The van der Waals surface area contributed by atoms with Crippen molar-refractivity contribution in [2.45, 2.75) is 27.7 Å². The van der Waals surface area contributed by atoms with Gasteiger partial charge in [0.1, 0.15) is 0 Å². The van der Waals surface area contributed by atoms with Crippen LogP contribution in [-0.4, -0.2) is 6.21 Å². The summed E-state index contributed by atoms with van der Waals surface area (Å²) in [5, 5.41) is 7.45. The number of nitrogens with one attached hydrogen (secondary N) is 1. The minimum absolute atomic E-state index is 0.927. The molecule has 140 valence electrons. The molecule has 0 atom stereocenters. The number of hydrogen-bond donors (Lipinski definition) is 1.